The maximum absolute atomic E-state index is 2.26. The molecule has 1 aliphatic carbocycles. The van der Waals surface area contributed by atoms with E-state index in [1.165, 1.54) is 24.8 Å². The summed E-state index contributed by atoms with van der Waals surface area (Å²) >= 11 is 0. The molecule has 0 amide bonds. The molecule has 0 aliphatic heterocycles. The molecule has 0 atom stereocenters. The molecular weight excluding hydrogens is 132 g/mol. The number of hydrogen-bond acceptors (Lipinski definition) is 0. The molecule has 0 heteroatoms. The second-order valence-corrected chi connectivity index (χ2v) is 2.69. The summed E-state index contributed by atoms with van der Waals surface area (Å²) in [5.41, 5.74) is 3.12. The van der Waals surface area contributed by atoms with Crippen LogP contribution in [0, 0.1) is 0 Å². The number of rotatable bonds is 1. The van der Waals surface area contributed by atoms with E-state index in [9.17, 15) is 0 Å². The average molecular weight is 152 g/mol. The van der Waals surface area contributed by atoms with E-state index >= 15 is 0 Å². The number of allylic oxidation sites excluding steroid dienone is 4. The van der Waals surface area contributed by atoms with Gasteiger partial charge in [-0.05, 0) is 26.2 Å². The quantitative estimate of drug-likeness (QED) is 0.531. The van der Waals surface area contributed by atoms with Crippen LogP contribution < -0.4 is 0 Å². The Bertz CT molecular complexity index is 149. The van der Waals surface area contributed by atoms with Gasteiger partial charge in [0.25, 0.3) is 0 Å². The van der Waals surface area contributed by atoms with Crippen LogP contribution >= 0.6 is 0 Å². The molecule has 0 fully saturated rings. The molecule has 0 saturated carbocycles. The van der Waals surface area contributed by atoms with Crippen molar-refractivity contribution in [3.63, 3.8) is 0 Å². The van der Waals surface area contributed by atoms with Crippen LogP contribution in [0.15, 0.2) is 23.3 Å². The van der Waals surface area contributed by atoms with E-state index in [1.54, 1.807) is 5.57 Å². The Balaban J connectivity index is 0.000000461. The van der Waals surface area contributed by atoms with Gasteiger partial charge in [0.2, 0.25) is 0 Å². The van der Waals surface area contributed by atoms with E-state index < -0.39 is 0 Å². The Labute approximate surface area is 71.0 Å². The lowest BCUT2D eigenvalue weighted by Crippen LogP contribution is -1.88. The largest absolute Gasteiger partial charge is 0.0730 e. The van der Waals surface area contributed by atoms with Gasteiger partial charge in [-0.25, -0.2) is 0 Å². The van der Waals surface area contributed by atoms with Crippen LogP contribution in [0.25, 0.3) is 0 Å². The van der Waals surface area contributed by atoms with Gasteiger partial charge in [0.15, 0.2) is 0 Å². The Kier molecular flexibility index (Phi) is 5.91. The van der Waals surface area contributed by atoms with Crippen LogP contribution in [-0.2, 0) is 0 Å². The molecule has 0 unspecified atom stereocenters. The lowest BCUT2D eigenvalue weighted by molar-refractivity contribution is 0.857. The molecule has 0 aromatic heterocycles. The maximum Gasteiger partial charge on any atom is -0.0280 e. The first-order chi connectivity index (χ1) is 5.33. The normalized spacial score (nSPS) is 16.0. The van der Waals surface area contributed by atoms with Gasteiger partial charge < -0.3 is 0 Å². The third-order valence-electron chi connectivity index (χ3n) is 1.90. The minimum Gasteiger partial charge on any atom is -0.0730 e. The lowest BCUT2D eigenvalue weighted by Gasteiger charge is -2.08. The monoisotopic (exact) mass is 152 g/mol. The summed E-state index contributed by atoms with van der Waals surface area (Å²) < 4.78 is 0. The van der Waals surface area contributed by atoms with Crippen molar-refractivity contribution in [3.05, 3.63) is 23.3 Å². The van der Waals surface area contributed by atoms with Crippen LogP contribution in [-0.4, -0.2) is 0 Å². The minimum absolute atomic E-state index is 1.23. The second-order valence-electron chi connectivity index (χ2n) is 2.69. The molecule has 64 valence electrons. The first-order valence-corrected chi connectivity index (χ1v) is 4.68. The molecule has 0 N–H and O–H groups in total. The van der Waals surface area contributed by atoms with Crippen molar-refractivity contribution in [3.8, 4) is 0 Å². The van der Waals surface area contributed by atoms with Crippen LogP contribution in [0.3, 0.4) is 0 Å². The van der Waals surface area contributed by atoms with Crippen molar-refractivity contribution < 1.29 is 0 Å². The predicted octanol–water partition coefficient (Wildman–Crippen LogP) is 4.09. The van der Waals surface area contributed by atoms with Crippen LogP contribution in [0.2, 0.25) is 0 Å². The SMILES string of the molecule is CC.CCC1=CC=C(C)CC1. The van der Waals surface area contributed by atoms with Gasteiger partial charge in [0.05, 0.1) is 0 Å². The lowest BCUT2D eigenvalue weighted by atomic mass is 9.98. The summed E-state index contributed by atoms with van der Waals surface area (Å²) in [4.78, 5) is 0. The second kappa shape index (κ2) is 6.21. The van der Waals surface area contributed by atoms with Gasteiger partial charge in [-0.2, -0.15) is 0 Å². The van der Waals surface area contributed by atoms with Gasteiger partial charge in [0, 0.05) is 0 Å². The molecule has 0 aromatic carbocycles. The van der Waals surface area contributed by atoms with Crippen molar-refractivity contribution >= 4 is 0 Å². The summed E-state index contributed by atoms with van der Waals surface area (Å²) in [6, 6.07) is 0. The molecule has 0 nitrogen and oxygen atoms in total. The molecule has 0 aromatic rings. The summed E-state index contributed by atoms with van der Waals surface area (Å²) in [5, 5.41) is 0. The number of hydrogen-bond donors (Lipinski definition) is 0. The molecular formula is C11H20. The van der Waals surface area contributed by atoms with E-state index in [-0.39, 0.29) is 0 Å². The predicted molar refractivity (Wildman–Crippen MR) is 52.7 cm³/mol. The van der Waals surface area contributed by atoms with Gasteiger partial charge in [-0.15, -0.1) is 0 Å². The van der Waals surface area contributed by atoms with Crippen LogP contribution in [0.4, 0.5) is 0 Å². The Morgan fingerprint density at radius 2 is 1.82 bits per heavy atom. The van der Waals surface area contributed by atoms with Gasteiger partial charge in [0.1, 0.15) is 0 Å². The molecule has 0 radical (unpaired) electrons. The topological polar surface area (TPSA) is 0 Å². The smallest absolute Gasteiger partial charge is 0.0280 e. The van der Waals surface area contributed by atoms with E-state index in [0.717, 1.165) is 0 Å². The summed E-state index contributed by atoms with van der Waals surface area (Å²) in [6.45, 7) is 8.42. The third kappa shape index (κ3) is 4.02. The standard InChI is InChI=1S/C9H14.C2H6/c1-3-9-6-4-8(2)5-7-9;1-2/h4,6H,3,5,7H2,1-2H3;1-2H3. The zero-order valence-corrected chi connectivity index (χ0v) is 8.28. The molecule has 1 rings (SSSR count). The zero-order chi connectivity index (χ0) is 8.69. The third-order valence-corrected chi connectivity index (χ3v) is 1.90. The van der Waals surface area contributed by atoms with Crippen LogP contribution in [0.1, 0.15) is 47.0 Å². The summed E-state index contributed by atoms with van der Waals surface area (Å²) in [7, 11) is 0. The van der Waals surface area contributed by atoms with Gasteiger partial charge in [-0.3, -0.25) is 0 Å². The minimum atomic E-state index is 1.23. The molecule has 0 heterocycles. The molecule has 11 heavy (non-hydrogen) atoms. The van der Waals surface area contributed by atoms with Crippen molar-refractivity contribution in [1.82, 2.24) is 0 Å². The zero-order valence-electron chi connectivity index (χ0n) is 8.28. The average Bonchev–Trinajstić information content (AvgIpc) is 2.10. The Morgan fingerprint density at radius 1 is 1.18 bits per heavy atom. The first-order valence-electron chi connectivity index (χ1n) is 4.68. The van der Waals surface area contributed by atoms with Crippen molar-refractivity contribution in [2.45, 2.75) is 47.0 Å². The highest BCUT2D eigenvalue weighted by molar-refractivity contribution is 5.22. The summed E-state index contributed by atoms with van der Waals surface area (Å²) in [5.74, 6) is 0. The fourth-order valence-electron chi connectivity index (χ4n) is 1.08. The highest BCUT2D eigenvalue weighted by atomic mass is 14.0. The molecule has 0 spiro atoms. The van der Waals surface area contributed by atoms with Crippen molar-refractivity contribution in [2.75, 3.05) is 0 Å². The maximum atomic E-state index is 2.26. The van der Waals surface area contributed by atoms with Crippen LogP contribution in [0.5, 0.6) is 0 Å². The van der Waals surface area contributed by atoms with E-state index in [0.29, 0.717) is 0 Å². The van der Waals surface area contributed by atoms with Gasteiger partial charge >= 0.3 is 0 Å². The fourth-order valence-corrected chi connectivity index (χ4v) is 1.08. The summed E-state index contributed by atoms with van der Waals surface area (Å²) in [6.07, 6.45) is 8.30. The fraction of sp³-hybridized carbons (Fsp3) is 0.636. The Morgan fingerprint density at radius 3 is 2.18 bits per heavy atom. The van der Waals surface area contributed by atoms with E-state index in [2.05, 4.69) is 26.0 Å². The van der Waals surface area contributed by atoms with Crippen molar-refractivity contribution in [1.29, 1.82) is 0 Å². The Hall–Kier alpha value is -0.520. The highest BCUT2D eigenvalue weighted by Gasteiger charge is 1.99. The molecule has 1 aliphatic rings. The first kappa shape index (κ1) is 10.5. The van der Waals surface area contributed by atoms with E-state index in [4.69, 9.17) is 0 Å². The van der Waals surface area contributed by atoms with Gasteiger partial charge in [-0.1, -0.05) is 44.1 Å². The highest BCUT2D eigenvalue weighted by Crippen LogP contribution is 2.19. The van der Waals surface area contributed by atoms with Crippen molar-refractivity contribution in [2.24, 2.45) is 0 Å². The van der Waals surface area contributed by atoms with E-state index in [1.807, 2.05) is 13.8 Å². The molecule has 0 saturated heterocycles. The molecule has 0 bridgehead atoms.